The van der Waals surface area contributed by atoms with Crippen LogP contribution in [0.5, 0.6) is 0 Å². The Morgan fingerprint density at radius 1 is 1.17 bits per heavy atom. The lowest BCUT2D eigenvalue weighted by atomic mass is 10.2. The standard InChI is InChI=1S/C19H21N3O/c1-4-6-16-17(22-12-5-7-14(3)18(22)21-16)19(23)20-15-10-8-13(2)9-11-15/h5,7-12H,4,6H2,1-3H3,(H,20,23). The van der Waals surface area contributed by atoms with Gasteiger partial charge in [-0.1, -0.05) is 37.1 Å². The van der Waals surface area contributed by atoms with Crippen molar-refractivity contribution in [3.63, 3.8) is 0 Å². The third-order valence-corrected chi connectivity index (χ3v) is 3.93. The van der Waals surface area contributed by atoms with Crippen molar-refractivity contribution < 1.29 is 4.79 Å². The predicted octanol–water partition coefficient (Wildman–Crippen LogP) is 4.16. The molecule has 0 aliphatic rings. The number of aromatic nitrogens is 2. The van der Waals surface area contributed by atoms with Gasteiger partial charge < -0.3 is 5.32 Å². The van der Waals surface area contributed by atoms with Crippen molar-refractivity contribution in [3.05, 3.63) is 65.1 Å². The van der Waals surface area contributed by atoms with E-state index >= 15 is 0 Å². The van der Waals surface area contributed by atoms with Crippen molar-refractivity contribution in [2.75, 3.05) is 5.32 Å². The lowest BCUT2D eigenvalue weighted by molar-refractivity contribution is 0.102. The highest BCUT2D eigenvalue weighted by Gasteiger charge is 2.19. The summed E-state index contributed by atoms with van der Waals surface area (Å²) >= 11 is 0. The molecule has 4 heteroatoms. The number of fused-ring (bicyclic) bond motifs is 1. The van der Waals surface area contributed by atoms with Gasteiger partial charge in [-0.2, -0.15) is 0 Å². The van der Waals surface area contributed by atoms with Gasteiger partial charge in [-0.05, 0) is 44.0 Å². The van der Waals surface area contributed by atoms with Gasteiger partial charge in [-0.25, -0.2) is 4.98 Å². The largest absolute Gasteiger partial charge is 0.321 e. The monoisotopic (exact) mass is 307 g/mol. The normalized spacial score (nSPS) is 10.9. The first-order chi connectivity index (χ1) is 11.1. The van der Waals surface area contributed by atoms with Crippen LogP contribution in [0.4, 0.5) is 5.69 Å². The van der Waals surface area contributed by atoms with E-state index in [9.17, 15) is 4.79 Å². The first-order valence-electron chi connectivity index (χ1n) is 7.94. The average molecular weight is 307 g/mol. The number of pyridine rings is 1. The highest BCUT2D eigenvalue weighted by Crippen LogP contribution is 2.19. The van der Waals surface area contributed by atoms with Gasteiger partial charge in [0.15, 0.2) is 0 Å². The van der Waals surface area contributed by atoms with Crippen molar-refractivity contribution in [2.24, 2.45) is 0 Å². The Kier molecular flexibility index (Phi) is 4.15. The number of amides is 1. The van der Waals surface area contributed by atoms with Crippen LogP contribution in [-0.4, -0.2) is 15.3 Å². The third-order valence-electron chi connectivity index (χ3n) is 3.93. The van der Waals surface area contributed by atoms with Crippen molar-refractivity contribution in [1.29, 1.82) is 0 Å². The topological polar surface area (TPSA) is 46.4 Å². The van der Waals surface area contributed by atoms with Crippen molar-refractivity contribution >= 4 is 17.2 Å². The molecule has 0 atom stereocenters. The molecule has 0 fully saturated rings. The molecule has 0 saturated carbocycles. The maximum atomic E-state index is 12.8. The number of hydrogen-bond acceptors (Lipinski definition) is 2. The highest BCUT2D eigenvalue weighted by atomic mass is 16.2. The van der Waals surface area contributed by atoms with Crippen LogP contribution in [0.2, 0.25) is 0 Å². The lowest BCUT2D eigenvalue weighted by Crippen LogP contribution is -2.16. The van der Waals surface area contributed by atoms with Crippen LogP contribution in [0, 0.1) is 13.8 Å². The van der Waals surface area contributed by atoms with Gasteiger partial charge in [0, 0.05) is 11.9 Å². The zero-order valence-corrected chi connectivity index (χ0v) is 13.8. The summed E-state index contributed by atoms with van der Waals surface area (Å²) in [6.45, 7) is 6.14. The molecule has 3 rings (SSSR count). The zero-order chi connectivity index (χ0) is 16.4. The molecule has 2 aromatic heterocycles. The molecule has 0 unspecified atom stereocenters. The van der Waals surface area contributed by atoms with Gasteiger partial charge >= 0.3 is 0 Å². The van der Waals surface area contributed by atoms with E-state index in [-0.39, 0.29) is 5.91 Å². The smallest absolute Gasteiger partial charge is 0.274 e. The Labute approximate surface area is 136 Å². The van der Waals surface area contributed by atoms with Crippen LogP contribution in [-0.2, 0) is 6.42 Å². The second-order valence-corrected chi connectivity index (χ2v) is 5.86. The summed E-state index contributed by atoms with van der Waals surface area (Å²) in [5, 5.41) is 2.98. The molecule has 0 aliphatic heterocycles. The van der Waals surface area contributed by atoms with E-state index in [1.54, 1.807) is 0 Å². The number of aryl methyl sites for hydroxylation is 3. The molecule has 0 spiro atoms. The van der Waals surface area contributed by atoms with E-state index in [0.717, 1.165) is 35.4 Å². The SMILES string of the molecule is CCCc1nc2c(C)cccn2c1C(=O)Nc1ccc(C)cc1. The van der Waals surface area contributed by atoms with Gasteiger partial charge in [-0.3, -0.25) is 9.20 Å². The van der Waals surface area contributed by atoms with Gasteiger partial charge in [0.2, 0.25) is 0 Å². The molecule has 0 radical (unpaired) electrons. The van der Waals surface area contributed by atoms with E-state index < -0.39 is 0 Å². The van der Waals surface area contributed by atoms with Crippen molar-refractivity contribution in [2.45, 2.75) is 33.6 Å². The van der Waals surface area contributed by atoms with E-state index in [1.165, 1.54) is 5.56 Å². The number of anilines is 1. The number of rotatable bonds is 4. The molecule has 1 aromatic carbocycles. The second-order valence-electron chi connectivity index (χ2n) is 5.86. The molecule has 0 saturated heterocycles. The summed E-state index contributed by atoms with van der Waals surface area (Å²) in [5.74, 6) is -0.115. The minimum absolute atomic E-state index is 0.115. The van der Waals surface area contributed by atoms with Crippen molar-refractivity contribution in [1.82, 2.24) is 9.38 Å². The number of carbonyl (C=O) groups is 1. The van der Waals surface area contributed by atoms with E-state index in [0.29, 0.717) is 5.69 Å². The Hall–Kier alpha value is -2.62. The van der Waals surface area contributed by atoms with Crippen LogP contribution in [0.15, 0.2) is 42.6 Å². The summed E-state index contributed by atoms with van der Waals surface area (Å²) < 4.78 is 1.89. The summed E-state index contributed by atoms with van der Waals surface area (Å²) in [6, 6.07) is 11.8. The number of hydrogen-bond donors (Lipinski definition) is 1. The molecule has 3 aromatic rings. The Balaban J connectivity index is 2.03. The average Bonchev–Trinajstić information content (AvgIpc) is 2.90. The molecule has 2 heterocycles. The lowest BCUT2D eigenvalue weighted by Gasteiger charge is -2.07. The molecular formula is C19H21N3O. The minimum Gasteiger partial charge on any atom is -0.321 e. The summed E-state index contributed by atoms with van der Waals surface area (Å²) in [6.07, 6.45) is 3.64. The number of imidazole rings is 1. The molecular weight excluding hydrogens is 286 g/mol. The van der Waals surface area contributed by atoms with Crippen LogP contribution >= 0.6 is 0 Å². The molecule has 1 amide bonds. The second kappa shape index (κ2) is 6.24. The first kappa shape index (κ1) is 15.3. The van der Waals surface area contributed by atoms with Crippen LogP contribution < -0.4 is 5.32 Å². The Morgan fingerprint density at radius 2 is 1.91 bits per heavy atom. The van der Waals surface area contributed by atoms with Gasteiger partial charge in [0.05, 0.1) is 5.69 Å². The number of nitrogens with one attached hydrogen (secondary N) is 1. The summed E-state index contributed by atoms with van der Waals surface area (Å²) in [7, 11) is 0. The predicted molar refractivity (Wildman–Crippen MR) is 93.1 cm³/mol. The fraction of sp³-hybridized carbons (Fsp3) is 0.263. The Morgan fingerprint density at radius 3 is 2.61 bits per heavy atom. The fourth-order valence-electron chi connectivity index (χ4n) is 2.73. The fourth-order valence-corrected chi connectivity index (χ4v) is 2.73. The van der Waals surface area contributed by atoms with Gasteiger partial charge in [-0.15, -0.1) is 0 Å². The van der Waals surface area contributed by atoms with Crippen LogP contribution in [0.25, 0.3) is 5.65 Å². The highest BCUT2D eigenvalue weighted by molar-refractivity contribution is 6.04. The van der Waals surface area contributed by atoms with E-state index in [4.69, 9.17) is 0 Å². The van der Waals surface area contributed by atoms with E-state index in [2.05, 4.69) is 17.2 Å². The zero-order valence-electron chi connectivity index (χ0n) is 13.8. The number of nitrogens with zero attached hydrogens (tertiary/aromatic N) is 2. The van der Waals surface area contributed by atoms with Crippen molar-refractivity contribution in [3.8, 4) is 0 Å². The summed E-state index contributed by atoms with van der Waals surface area (Å²) in [5.41, 5.74) is 5.37. The van der Waals surface area contributed by atoms with Crippen LogP contribution in [0.3, 0.4) is 0 Å². The molecule has 4 nitrogen and oxygen atoms in total. The molecule has 0 bridgehead atoms. The maximum absolute atomic E-state index is 12.8. The first-order valence-corrected chi connectivity index (χ1v) is 7.94. The van der Waals surface area contributed by atoms with Gasteiger partial charge in [0.25, 0.3) is 5.91 Å². The number of carbonyl (C=O) groups excluding carboxylic acids is 1. The maximum Gasteiger partial charge on any atom is 0.274 e. The molecule has 1 N–H and O–H groups in total. The van der Waals surface area contributed by atoms with Gasteiger partial charge in [0.1, 0.15) is 11.3 Å². The Bertz CT molecular complexity index is 847. The molecule has 118 valence electrons. The minimum atomic E-state index is -0.115. The van der Waals surface area contributed by atoms with E-state index in [1.807, 2.05) is 60.8 Å². The molecule has 23 heavy (non-hydrogen) atoms. The quantitative estimate of drug-likeness (QED) is 0.787. The third kappa shape index (κ3) is 2.97. The summed E-state index contributed by atoms with van der Waals surface area (Å²) in [4.78, 5) is 17.5. The molecule has 0 aliphatic carbocycles. The van der Waals surface area contributed by atoms with Crippen LogP contribution in [0.1, 0.15) is 40.7 Å². The number of benzene rings is 1.